The number of aromatic nitrogens is 2. The van der Waals surface area contributed by atoms with Crippen LogP contribution in [0.5, 0.6) is 0 Å². The van der Waals surface area contributed by atoms with E-state index in [1.807, 2.05) is 60.8 Å². The Kier molecular flexibility index (Phi) is 6.49. The number of hydrogen-bond acceptors (Lipinski definition) is 4. The van der Waals surface area contributed by atoms with Gasteiger partial charge in [0.25, 0.3) is 5.56 Å². The summed E-state index contributed by atoms with van der Waals surface area (Å²) in [5.74, 6) is -0.0990. The Hall–Kier alpha value is -2.96. The SMILES string of the molecule is Cc1ccc(-c2csc3ncn(CCC(=O)NCCc4cccc(Cl)c4)c(=O)c23)cc1. The summed E-state index contributed by atoms with van der Waals surface area (Å²) in [4.78, 5) is 30.5. The molecule has 0 radical (unpaired) electrons. The molecular formula is C24H22ClN3O2S. The molecule has 7 heteroatoms. The number of benzene rings is 2. The van der Waals surface area contributed by atoms with Gasteiger partial charge in [0.2, 0.25) is 5.91 Å². The molecule has 31 heavy (non-hydrogen) atoms. The zero-order valence-corrected chi connectivity index (χ0v) is 18.7. The monoisotopic (exact) mass is 451 g/mol. The van der Waals surface area contributed by atoms with Gasteiger partial charge in [-0.05, 0) is 36.6 Å². The van der Waals surface area contributed by atoms with Crippen molar-refractivity contribution in [2.45, 2.75) is 26.3 Å². The van der Waals surface area contributed by atoms with E-state index in [2.05, 4.69) is 10.3 Å². The van der Waals surface area contributed by atoms with Gasteiger partial charge in [0.05, 0.1) is 11.7 Å². The highest BCUT2D eigenvalue weighted by molar-refractivity contribution is 7.17. The van der Waals surface area contributed by atoms with E-state index < -0.39 is 0 Å². The molecule has 4 rings (SSSR count). The standard InChI is InChI=1S/C24H22ClN3O2S/c1-16-5-7-18(8-6-16)20-14-31-23-22(20)24(30)28(15-27-23)12-10-21(29)26-11-9-17-3-2-4-19(25)13-17/h2-8,13-15H,9-12H2,1H3,(H,26,29). The third kappa shape index (κ3) is 5.03. The minimum atomic E-state index is -0.117. The molecule has 0 saturated carbocycles. The van der Waals surface area contributed by atoms with Crippen LogP contribution in [0.25, 0.3) is 21.3 Å². The molecule has 0 aliphatic carbocycles. The van der Waals surface area contributed by atoms with Crippen LogP contribution in [0.4, 0.5) is 0 Å². The first kappa shape index (κ1) is 21.3. The predicted octanol–water partition coefficient (Wildman–Crippen LogP) is 4.84. The summed E-state index contributed by atoms with van der Waals surface area (Å²) in [6.07, 6.45) is 2.44. The van der Waals surface area contributed by atoms with Gasteiger partial charge in [-0.1, -0.05) is 53.6 Å². The summed E-state index contributed by atoms with van der Waals surface area (Å²) in [5.41, 5.74) is 4.00. The smallest absolute Gasteiger partial charge is 0.262 e. The Morgan fingerprint density at radius 1 is 1.19 bits per heavy atom. The molecule has 0 atom stereocenters. The zero-order chi connectivity index (χ0) is 21.8. The molecule has 0 bridgehead atoms. The van der Waals surface area contributed by atoms with Gasteiger partial charge < -0.3 is 5.32 Å². The van der Waals surface area contributed by atoms with E-state index in [9.17, 15) is 9.59 Å². The number of hydrogen-bond donors (Lipinski definition) is 1. The molecule has 0 spiro atoms. The van der Waals surface area contributed by atoms with Crippen molar-refractivity contribution in [1.82, 2.24) is 14.9 Å². The minimum Gasteiger partial charge on any atom is -0.356 e. The number of halogens is 1. The molecule has 0 fully saturated rings. The van der Waals surface area contributed by atoms with Crippen molar-refractivity contribution in [3.63, 3.8) is 0 Å². The maximum Gasteiger partial charge on any atom is 0.262 e. The van der Waals surface area contributed by atoms with Gasteiger partial charge >= 0.3 is 0 Å². The Morgan fingerprint density at radius 3 is 2.77 bits per heavy atom. The second kappa shape index (κ2) is 9.45. The summed E-state index contributed by atoms with van der Waals surface area (Å²) in [5, 5.41) is 6.16. The molecule has 5 nitrogen and oxygen atoms in total. The molecule has 2 aromatic carbocycles. The first-order chi connectivity index (χ1) is 15.0. The van der Waals surface area contributed by atoms with Gasteiger partial charge in [0.15, 0.2) is 0 Å². The first-order valence-electron chi connectivity index (χ1n) is 10.1. The highest BCUT2D eigenvalue weighted by atomic mass is 35.5. The summed E-state index contributed by atoms with van der Waals surface area (Å²) >= 11 is 7.44. The molecule has 0 unspecified atom stereocenters. The predicted molar refractivity (Wildman–Crippen MR) is 127 cm³/mol. The van der Waals surface area contributed by atoms with Crippen LogP contribution in [0.15, 0.2) is 65.0 Å². The van der Waals surface area contributed by atoms with Crippen LogP contribution in [0.1, 0.15) is 17.5 Å². The number of amides is 1. The number of carbonyl (C=O) groups is 1. The summed E-state index contributed by atoms with van der Waals surface area (Å²) in [6.45, 7) is 2.84. The normalized spacial score (nSPS) is 11.0. The topological polar surface area (TPSA) is 64.0 Å². The van der Waals surface area contributed by atoms with Gasteiger partial charge in [-0.25, -0.2) is 4.98 Å². The van der Waals surface area contributed by atoms with E-state index >= 15 is 0 Å². The van der Waals surface area contributed by atoms with Crippen LogP contribution in [0, 0.1) is 6.92 Å². The number of aryl methyl sites for hydroxylation is 2. The minimum absolute atomic E-state index is 0.0990. The van der Waals surface area contributed by atoms with Crippen molar-refractivity contribution in [1.29, 1.82) is 0 Å². The third-order valence-electron chi connectivity index (χ3n) is 5.13. The van der Waals surface area contributed by atoms with Crippen LogP contribution in [0.2, 0.25) is 5.02 Å². The number of rotatable bonds is 7. The highest BCUT2D eigenvalue weighted by Crippen LogP contribution is 2.30. The first-order valence-corrected chi connectivity index (χ1v) is 11.3. The van der Waals surface area contributed by atoms with Crippen molar-refractivity contribution in [3.8, 4) is 11.1 Å². The Balaban J connectivity index is 1.42. The lowest BCUT2D eigenvalue weighted by atomic mass is 10.1. The van der Waals surface area contributed by atoms with Crippen molar-refractivity contribution >= 4 is 39.1 Å². The lowest BCUT2D eigenvalue weighted by Crippen LogP contribution is -2.29. The van der Waals surface area contributed by atoms with Gasteiger partial charge in [-0.2, -0.15) is 0 Å². The van der Waals surface area contributed by atoms with Crippen molar-refractivity contribution in [2.24, 2.45) is 0 Å². The molecule has 0 saturated heterocycles. The second-order valence-corrected chi connectivity index (χ2v) is 8.71. The molecular weight excluding hydrogens is 430 g/mol. The van der Waals surface area contributed by atoms with Crippen molar-refractivity contribution < 1.29 is 4.79 Å². The Labute approximate surface area is 189 Å². The summed E-state index contributed by atoms with van der Waals surface area (Å²) < 4.78 is 1.52. The van der Waals surface area contributed by atoms with Crippen LogP contribution < -0.4 is 10.9 Å². The summed E-state index contributed by atoms with van der Waals surface area (Å²) in [6, 6.07) is 15.7. The Morgan fingerprint density at radius 2 is 2.00 bits per heavy atom. The maximum absolute atomic E-state index is 13.1. The maximum atomic E-state index is 13.1. The highest BCUT2D eigenvalue weighted by Gasteiger charge is 2.14. The summed E-state index contributed by atoms with van der Waals surface area (Å²) in [7, 11) is 0. The molecule has 4 aromatic rings. The van der Waals surface area contributed by atoms with E-state index in [0.29, 0.717) is 28.2 Å². The molecule has 0 aliphatic heterocycles. The number of carbonyl (C=O) groups excluding carboxylic acids is 1. The molecule has 1 N–H and O–H groups in total. The van der Waals surface area contributed by atoms with Crippen LogP contribution in [-0.2, 0) is 17.8 Å². The lowest BCUT2D eigenvalue weighted by Gasteiger charge is -2.08. The quantitative estimate of drug-likeness (QED) is 0.437. The second-order valence-electron chi connectivity index (χ2n) is 7.42. The Bertz CT molecular complexity index is 1280. The molecule has 158 valence electrons. The average Bonchev–Trinajstić information content (AvgIpc) is 3.19. The van der Waals surface area contributed by atoms with E-state index in [1.54, 1.807) is 0 Å². The van der Waals surface area contributed by atoms with Crippen molar-refractivity contribution in [2.75, 3.05) is 6.54 Å². The van der Waals surface area contributed by atoms with Gasteiger partial charge in [-0.15, -0.1) is 11.3 Å². The van der Waals surface area contributed by atoms with Crippen LogP contribution in [0.3, 0.4) is 0 Å². The molecule has 0 aliphatic rings. The molecule has 2 aromatic heterocycles. The fourth-order valence-electron chi connectivity index (χ4n) is 3.42. The fourth-order valence-corrected chi connectivity index (χ4v) is 4.54. The average molecular weight is 452 g/mol. The van der Waals surface area contributed by atoms with Gasteiger partial charge in [-0.3, -0.25) is 14.2 Å². The zero-order valence-electron chi connectivity index (χ0n) is 17.1. The third-order valence-corrected chi connectivity index (χ3v) is 6.25. The lowest BCUT2D eigenvalue weighted by molar-refractivity contribution is -0.121. The van der Waals surface area contributed by atoms with Gasteiger partial charge in [0.1, 0.15) is 4.83 Å². The van der Waals surface area contributed by atoms with Gasteiger partial charge in [0, 0.05) is 35.5 Å². The number of nitrogens with one attached hydrogen (secondary N) is 1. The van der Waals surface area contributed by atoms with E-state index in [0.717, 1.165) is 16.7 Å². The van der Waals surface area contributed by atoms with E-state index in [1.165, 1.54) is 27.8 Å². The molecule has 1 amide bonds. The molecule has 2 heterocycles. The number of fused-ring (bicyclic) bond motifs is 1. The van der Waals surface area contributed by atoms with Crippen molar-refractivity contribution in [3.05, 3.63) is 86.7 Å². The van der Waals surface area contributed by atoms with E-state index in [4.69, 9.17) is 11.6 Å². The van der Waals surface area contributed by atoms with Crippen LogP contribution >= 0.6 is 22.9 Å². The number of thiophene rings is 1. The van der Waals surface area contributed by atoms with Crippen LogP contribution in [-0.4, -0.2) is 22.0 Å². The van der Waals surface area contributed by atoms with E-state index in [-0.39, 0.29) is 24.4 Å². The fraction of sp³-hybridized carbons (Fsp3) is 0.208. The largest absolute Gasteiger partial charge is 0.356 e. The number of nitrogens with zero attached hydrogens (tertiary/aromatic N) is 2.